The minimum atomic E-state index is -0.772. The van der Waals surface area contributed by atoms with E-state index in [2.05, 4.69) is 6.07 Å². The summed E-state index contributed by atoms with van der Waals surface area (Å²) in [4.78, 5) is 42.6. The first-order valence-corrected chi connectivity index (χ1v) is 14.1. The van der Waals surface area contributed by atoms with Crippen molar-refractivity contribution in [2.45, 2.75) is 57.6 Å². The third-order valence-electron chi connectivity index (χ3n) is 5.99. The van der Waals surface area contributed by atoms with Gasteiger partial charge in [-0.1, -0.05) is 42.1 Å². The van der Waals surface area contributed by atoms with E-state index in [1.807, 2.05) is 56.2 Å². The van der Waals surface area contributed by atoms with Crippen LogP contribution in [-0.4, -0.2) is 40.7 Å². The van der Waals surface area contributed by atoms with Crippen molar-refractivity contribution in [2.24, 2.45) is 0 Å². The number of esters is 2. The zero-order valence-corrected chi connectivity index (χ0v) is 23.2. The molecule has 186 valence electrons. The average molecular weight is 532 g/mol. The molecule has 0 aliphatic carbocycles. The van der Waals surface area contributed by atoms with Gasteiger partial charge in [0.15, 0.2) is 0 Å². The molecule has 1 aromatic carbocycles. The van der Waals surface area contributed by atoms with E-state index in [4.69, 9.17) is 9.47 Å². The van der Waals surface area contributed by atoms with E-state index in [1.165, 1.54) is 35.3 Å². The smallest absolute Gasteiger partial charge is 0.345 e. The van der Waals surface area contributed by atoms with Gasteiger partial charge in [0.05, 0.1) is 29.3 Å². The van der Waals surface area contributed by atoms with Crippen LogP contribution in [0.4, 0.5) is 5.69 Å². The topological polar surface area (TPSA) is 72.9 Å². The van der Waals surface area contributed by atoms with E-state index < -0.39 is 15.6 Å². The van der Waals surface area contributed by atoms with Gasteiger partial charge >= 0.3 is 11.9 Å². The minimum Gasteiger partial charge on any atom is -0.462 e. The summed E-state index contributed by atoms with van der Waals surface area (Å²) in [5.74, 6) is -0.783. The number of benzene rings is 1. The molecule has 1 atom stereocenters. The second-order valence-corrected chi connectivity index (χ2v) is 12.5. The molecule has 3 heterocycles. The minimum absolute atomic E-state index is 0.00519. The number of carbonyl (C=O) groups is 3. The highest BCUT2D eigenvalue weighted by Crippen LogP contribution is 2.66. The van der Waals surface area contributed by atoms with Gasteiger partial charge in [0.1, 0.15) is 8.98 Å². The van der Waals surface area contributed by atoms with Gasteiger partial charge in [0.2, 0.25) is 5.91 Å². The second kappa shape index (κ2) is 9.75. The second-order valence-electron chi connectivity index (χ2n) is 8.79. The number of ether oxygens (including phenoxy) is 2. The number of anilines is 1. The maximum Gasteiger partial charge on any atom is 0.345 e. The maximum absolute atomic E-state index is 13.3. The standard InChI is InChI=1S/C26H29NO5S3/c1-7-20(28)27-17-11-10-15(4)12-16(17)21-22(25(27,5)6)34-18(23(29)31-8-2)13-26(21)33-14-19(35-26)24(30)32-9-3/h10-14H,7-9H2,1-6H3. The number of hydrogen-bond acceptors (Lipinski definition) is 8. The summed E-state index contributed by atoms with van der Waals surface area (Å²) in [7, 11) is 0. The maximum atomic E-state index is 13.3. The van der Waals surface area contributed by atoms with E-state index in [1.54, 1.807) is 13.8 Å². The molecule has 0 radical (unpaired) electrons. The van der Waals surface area contributed by atoms with E-state index in [0.717, 1.165) is 27.3 Å². The highest BCUT2D eigenvalue weighted by molar-refractivity contribution is 8.25. The van der Waals surface area contributed by atoms with Gasteiger partial charge < -0.3 is 14.4 Å². The number of thioether (sulfide) groups is 3. The number of fused-ring (bicyclic) bond motifs is 3. The lowest BCUT2D eigenvalue weighted by molar-refractivity contribution is -0.138. The van der Waals surface area contributed by atoms with E-state index >= 15 is 0 Å². The molecule has 0 aromatic heterocycles. The molecular formula is C26H29NO5S3. The summed E-state index contributed by atoms with van der Waals surface area (Å²) in [6.07, 6.45) is 2.26. The number of carbonyl (C=O) groups excluding carboxylic acids is 3. The summed E-state index contributed by atoms with van der Waals surface area (Å²) in [6.45, 7) is 12.0. The Hall–Kier alpha value is -2.10. The van der Waals surface area contributed by atoms with Crippen molar-refractivity contribution >= 4 is 64.4 Å². The van der Waals surface area contributed by atoms with Gasteiger partial charge in [-0.25, -0.2) is 9.59 Å². The third kappa shape index (κ3) is 4.36. The van der Waals surface area contributed by atoms with Crippen LogP contribution in [0.1, 0.15) is 52.2 Å². The van der Waals surface area contributed by atoms with Gasteiger partial charge in [-0.2, -0.15) is 0 Å². The van der Waals surface area contributed by atoms with Gasteiger partial charge in [-0.3, -0.25) is 4.79 Å². The Morgan fingerprint density at radius 1 is 1.00 bits per heavy atom. The lowest BCUT2D eigenvalue weighted by atomic mass is 9.84. The first-order valence-electron chi connectivity index (χ1n) is 11.6. The quantitative estimate of drug-likeness (QED) is 0.428. The summed E-state index contributed by atoms with van der Waals surface area (Å²) in [5, 5.41) is 1.81. The Morgan fingerprint density at radius 3 is 2.29 bits per heavy atom. The molecule has 4 rings (SSSR count). The summed E-state index contributed by atoms with van der Waals surface area (Å²) >= 11 is 4.22. The number of amides is 1. The number of aryl methyl sites for hydroxylation is 1. The van der Waals surface area contributed by atoms with Crippen molar-refractivity contribution in [3.63, 3.8) is 0 Å². The Morgan fingerprint density at radius 2 is 1.66 bits per heavy atom. The SMILES string of the molecule is CCOC(=O)C1=CC2(SC=C(C(=O)OCC)S2)C2=C(S1)C(C)(C)N(C(=O)CC)c1ccc(C)cc12. The van der Waals surface area contributed by atoms with Gasteiger partial charge in [0.25, 0.3) is 0 Å². The van der Waals surface area contributed by atoms with Crippen LogP contribution in [0, 0.1) is 6.92 Å². The summed E-state index contributed by atoms with van der Waals surface area (Å²) in [5.41, 5.74) is 3.12. The van der Waals surface area contributed by atoms with Crippen LogP contribution in [0.3, 0.4) is 0 Å². The van der Waals surface area contributed by atoms with Crippen molar-refractivity contribution in [1.29, 1.82) is 0 Å². The number of rotatable bonds is 5. The number of nitrogens with zero attached hydrogens (tertiary/aromatic N) is 1. The summed E-state index contributed by atoms with van der Waals surface area (Å²) in [6, 6.07) is 6.09. The predicted molar refractivity (Wildman–Crippen MR) is 145 cm³/mol. The van der Waals surface area contributed by atoms with Crippen LogP contribution in [0.25, 0.3) is 5.57 Å². The zero-order chi connectivity index (χ0) is 25.5. The number of hydrogen-bond donors (Lipinski definition) is 0. The van der Waals surface area contributed by atoms with Crippen molar-refractivity contribution in [1.82, 2.24) is 0 Å². The summed E-state index contributed by atoms with van der Waals surface area (Å²) < 4.78 is 9.87. The Kier molecular flexibility index (Phi) is 7.23. The van der Waals surface area contributed by atoms with Gasteiger partial charge in [0, 0.05) is 22.5 Å². The molecule has 0 bridgehead atoms. The van der Waals surface area contributed by atoms with Crippen LogP contribution in [0.5, 0.6) is 0 Å². The van der Waals surface area contributed by atoms with Crippen molar-refractivity contribution < 1.29 is 23.9 Å². The van der Waals surface area contributed by atoms with E-state index in [-0.39, 0.29) is 25.1 Å². The van der Waals surface area contributed by atoms with Crippen molar-refractivity contribution in [3.8, 4) is 0 Å². The largest absolute Gasteiger partial charge is 0.462 e. The zero-order valence-electron chi connectivity index (χ0n) is 20.7. The molecule has 0 saturated carbocycles. The van der Waals surface area contributed by atoms with Crippen LogP contribution >= 0.6 is 35.3 Å². The highest BCUT2D eigenvalue weighted by Gasteiger charge is 2.53. The van der Waals surface area contributed by atoms with Crippen molar-refractivity contribution in [2.75, 3.05) is 18.1 Å². The van der Waals surface area contributed by atoms with Crippen LogP contribution in [0.15, 0.2) is 44.4 Å². The fourth-order valence-electron chi connectivity index (χ4n) is 4.51. The van der Waals surface area contributed by atoms with Crippen LogP contribution in [0.2, 0.25) is 0 Å². The Labute approximate surface area is 218 Å². The van der Waals surface area contributed by atoms with Crippen LogP contribution < -0.4 is 4.90 Å². The fourth-order valence-corrected chi connectivity index (χ4v) is 8.89. The molecule has 3 aliphatic rings. The fraction of sp³-hybridized carbons (Fsp3) is 0.423. The van der Waals surface area contributed by atoms with Gasteiger partial charge in [-0.15, -0.1) is 11.8 Å². The molecule has 1 aromatic rings. The lowest BCUT2D eigenvalue weighted by Gasteiger charge is -2.49. The lowest BCUT2D eigenvalue weighted by Crippen LogP contribution is -2.52. The molecule has 35 heavy (non-hydrogen) atoms. The molecule has 9 heteroatoms. The molecule has 1 spiro atoms. The molecule has 3 aliphatic heterocycles. The highest BCUT2D eigenvalue weighted by atomic mass is 32.2. The Bertz CT molecular complexity index is 1200. The first-order chi connectivity index (χ1) is 16.6. The third-order valence-corrected chi connectivity index (χ3v) is 10.2. The molecule has 1 unspecified atom stereocenters. The van der Waals surface area contributed by atoms with Gasteiger partial charge in [-0.05, 0) is 58.2 Å². The molecule has 0 saturated heterocycles. The first kappa shape index (κ1) is 26.0. The van der Waals surface area contributed by atoms with E-state index in [0.29, 0.717) is 16.2 Å². The molecular weight excluding hydrogens is 502 g/mol. The normalized spacial score (nSPS) is 22.3. The molecule has 6 nitrogen and oxygen atoms in total. The predicted octanol–water partition coefficient (Wildman–Crippen LogP) is 6.02. The molecule has 1 amide bonds. The molecule has 0 fully saturated rings. The van der Waals surface area contributed by atoms with Crippen LogP contribution in [-0.2, 0) is 23.9 Å². The average Bonchev–Trinajstić information content (AvgIpc) is 3.23. The van der Waals surface area contributed by atoms with E-state index in [9.17, 15) is 14.4 Å². The van der Waals surface area contributed by atoms with Crippen molar-refractivity contribution in [3.05, 3.63) is 55.5 Å². The monoisotopic (exact) mass is 531 g/mol. The Balaban J connectivity index is 1.96. The molecule has 0 N–H and O–H groups in total.